The number of hydrogen-bond acceptors (Lipinski definition) is 8. The average Bonchev–Trinajstić information content (AvgIpc) is 3.05. The van der Waals surface area contributed by atoms with Crippen LogP contribution in [0.25, 0.3) is 0 Å². The molecule has 4 heterocycles. The van der Waals surface area contributed by atoms with E-state index in [2.05, 4.69) is 25.2 Å². The van der Waals surface area contributed by atoms with Crippen molar-refractivity contribution in [3.8, 4) is 0 Å². The molecule has 1 fully saturated rings. The Bertz CT molecular complexity index is 912. The Morgan fingerprint density at radius 3 is 2.96 bits per heavy atom. The summed E-state index contributed by atoms with van der Waals surface area (Å²) in [6.07, 6.45) is 1.64. The van der Waals surface area contributed by atoms with Crippen molar-refractivity contribution in [1.82, 2.24) is 19.5 Å². The summed E-state index contributed by atoms with van der Waals surface area (Å²) in [5.74, 6) is 1.69. The third-order valence-electron chi connectivity index (χ3n) is 4.49. The number of fused-ring (bicyclic) bond motifs is 1. The highest BCUT2D eigenvalue weighted by Gasteiger charge is 2.27. The molecule has 1 atom stereocenters. The summed E-state index contributed by atoms with van der Waals surface area (Å²) < 4.78 is 6.95. The third kappa shape index (κ3) is 3.96. The lowest BCUT2D eigenvalue weighted by atomic mass is 10.2. The van der Waals surface area contributed by atoms with Crippen molar-refractivity contribution in [3.63, 3.8) is 0 Å². The number of nitrogens with zero attached hydrogens (tertiary/aromatic N) is 5. The van der Waals surface area contributed by atoms with Crippen LogP contribution in [0.3, 0.4) is 0 Å². The topological polar surface area (TPSA) is 102 Å². The first-order valence-corrected chi connectivity index (χ1v) is 9.76. The standard InChI is InChI=1S/C17H20N6O3S/c1-11-6-16(25)23-12(9-27-17(23)20-11)7-15(24)21-13-8-14(19-10-18-13)22-2-4-26-5-3-22/h6,8,10,12H,2-5,7,9H2,1H3,(H,18,19,21,24)/t12-/m1/s1. The average molecular weight is 388 g/mol. The van der Waals surface area contributed by atoms with E-state index in [1.165, 1.54) is 24.2 Å². The van der Waals surface area contributed by atoms with Crippen LogP contribution in [0.1, 0.15) is 18.2 Å². The van der Waals surface area contributed by atoms with Crippen LogP contribution in [-0.4, -0.2) is 57.5 Å². The largest absolute Gasteiger partial charge is 0.378 e. The predicted octanol–water partition coefficient (Wildman–Crippen LogP) is 0.854. The zero-order chi connectivity index (χ0) is 18.8. The fourth-order valence-electron chi connectivity index (χ4n) is 3.20. The molecule has 27 heavy (non-hydrogen) atoms. The van der Waals surface area contributed by atoms with E-state index in [0.717, 1.165) is 18.9 Å². The predicted molar refractivity (Wildman–Crippen MR) is 101 cm³/mol. The quantitative estimate of drug-likeness (QED) is 0.770. The molecular formula is C17H20N6O3S. The Kier molecular flexibility index (Phi) is 5.08. The Balaban J connectivity index is 1.43. The van der Waals surface area contributed by atoms with E-state index in [4.69, 9.17) is 4.74 Å². The number of hydrogen-bond donors (Lipinski definition) is 1. The van der Waals surface area contributed by atoms with Gasteiger partial charge in [-0.1, -0.05) is 11.8 Å². The zero-order valence-electron chi connectivity index (χ0n) is 14.9. The van der Waals surface area contributed by atoms with Crippen LogP contribution in [0.2, 0.25) is 0 Å². The first-order valence-electron chi connectivity index (χ1n) is 8.78. The number of ether oxygens (including phenoxy) is 1. The molecule has 0 radical (unpaired) electrons. The van der Waals surface area contributed by atoms with Gasteiger partial charge in [-0.05, 0) is 6.92 Å². The number of nitrogens with one attached hydrogen (secondary N) is 1. The van der Waals surface area contributed by atoms with Gasteiger partial charge >= 0.3 is 0 Å². The lowest BCUT2D eigenvalue weighted by Crippen LogP contribution is -2.36. The van der Waals surface area contributed by atoms with E-state index >= 15 is 0 Å². The number of aromatic nitrogens is 4. The maximum atomic E-state index is 12.5. The van der Waals surface area contributed by atoms with Crippen molar-refractivity contribution in [1.29, 1.82) is 0 Å². The number of morpholine rings is 1. The SMILES string of the molecule is Cc1cc(=O)n2c(n1)SC[C@H]2CC(=O)Nc1cc(N2CCOCC2)ncn1. The molecule has 0 aliphatic carbocycles. The molecule has 2 aliphatic rings. The lowest BCUT2D eigenvalue weighted by molar-refractivity contribution is -0.116. The number of rotatable bonds is 4. The first-order chi connectivity index (χ1) is 13.1. The number of aryl methyl sites for hydroxylation is 1. The summed E-state index contributed by atoms with van der Waals surface area (Å²) in [6.45, 7) is 4.63. The molecule has 0 unspecified atom stereocenters. The summed E-state index contributed by atoms with van der Waals surface area (Å²) in [5.41, 5.74) is 0.581. The van der Waals surface area contributed by atoms with Gasteiger partial charge in [0, 0.05) is 43.1 Å². The second-order valence-corrected chi connectivity index (χ2v) is 7.45. The molecule has 2 aromatic heterocycles. The molecule has 10 heteroatoms. The Morgan fingerprint density at radius 1 is 1.33 bits per heavy atom. The van der Waals surface area contributed by atoms with Crippen LogP contribution in [0.4, 0.5) is 11.6 Å². The first kappa shape index (κ1) is 17.9. The maximum absolute atomic E-state index is 12.5. The molecule has 0 aromatic carbocycles. The minimum atomic E-state index is -0.203. The van der Waals surface area contributed by atoms with Gasteiger partial charge in [-0.15, -0.1) is 0 Å². The van der Waals surface area contributed by atoms with E-state index in [0.29, 0.717) is 35.6 Å². The normalized spacial score (nSPS) is 19.0. The fourth-order valence-corrected chi connectivity index (χ4v) is 4.40. The zero-order valence-corrected chi connectivity index (χ0v) is 15.7. The van der Waals surface area contributed by atoms with Gasteiger partial charge in [-0.25, -0.2) is 15.0 Å². The molecule has 2 aromatic rings. The summed E-state index contributed by atoms with van der Waals surface area (Å²) >= 11 is 1.50. The summed E-state index contributed by atoms with van der Waals surface area (Å²) in [4.78, 5) is 39.6. The smallest absolute Gasteiger partial charge is 0.254 e. The van der Waals surface area contributed by atoms with Gasteiger partial charge in [0.2, 0.25) is 5.91 Å². The van der Waals surface area contributed by atoms with Crippen LogP contribution < -0.4 is 15.8 Å². The van der Waals surface area contributed by atoms with Crippen LogP contribution in [0, 0.1) is 6.92 Å². The van der Waals surface area contributed by atoms with Gasteiger partial charge in [0.15, 0.2) is 5.16 Å². The number of carbonyl (C=O) groups excluding carboxylic acids is 1. The molecule has 1 N–H and O–H groups in total. The van der Waals surface area contributed by atoms with Crippen molar-refractivity contribution >= 4 is 29.3 Å². The van der Waals surface area contributed by atoms with E-state index in [1.54, 1.807) is 17.6 Å². The van der Waals surface area contributed by atoms with E-state index in [-0.39, 0.29) is 23.9 Å². The highest BCUT2D eigenvalue weighted by Crippen LogP contribution is 2.32. The minimum Gasteiger partial charge on any atom is -0.378 e. The Morgan fingerprint density at radius 2 is 2.15 bits per heavy atom. The van der Waals surface area contributed by atoms with Gasteiger partial charge < -0.3 is 15.0 Å². The Hall–Kier alpha value is -2.46. The molecule has 1 amide bonds. The summed E-state index contributed by atoms with van der Waals surface area (Å²) in [5, 5.41) is 3.49. The second-order valence-electron chi connectivity index (χ2n) is 6.47. The fraction of sp³-hybridized carbons (Fsp3) is 0.471. The van der Waals surface area contributed by atoms with Gasteiger partial charge in [-0.3, -0.25) is 14.2 Å². The summed E-state index contributed by atoms with van der Waals surface area (Å²) in [7, 11) is 0. The maximum Gasteiger partial charge on any atom is 0.254 e. The van der Waals surface area contributed by atoms with Crippen molar-refractivity contribution in [2.75, 3.05) is 42.3 Å². The van der Waals surface area contributed by atoms with Crippen molar-refractivity contribution in [3.05, 3.63) is 34.5 Å². The van der Waals surface area contributed by atoms with Crippen LogP contribution in [-0.2, 0) is 9.53 Å². The monoisotopic (exact) mass is 388 g/mol. The highest BCUT2D eigenvalue weighted by molar-refractivity contribution is 7.99. The van der Waals surface area contributed by atoms with Crippen LogP contribution in [0.5, 0.6) is 0 Å². The molecule has 2 aliphatic heterocycles. The molecule has 0 saturated carbocycles. The molecule has 0 spiro atoms. The molecular weight excluding hydrogens is 368 g/mol. The highest BCUT2D eigenvalue weighted by atomic mass is 32.2. The minimum absolute atomic E-state index is 0.114. The Labute approximate surface area is 160 Å². The van der Waals surface area contributed by atoms with E-state index in [1.807, 2.05) is 0 Å². The molecule has 142 valence electrons. The number of thioether (sulfide) groups is 1. The van der Waals surface area contributed by atoms with Gasteiger partial charge in [-0.2, -0.15) is 0 Å². The van der Waals surface area contributed by atoms with Crippen molar-refractivity contribution in [2.24, 2.45) is 0 Å². The second kappa shape index (κ2) is 7.65. The van der Waals surface area contributed by atoms with Gasteiger partial charge in [0.25, 0.3) is 5.56 Å². The number of amides is 1. The van der Waals surface area contributed by atoms with E-state index < -0.39 is 0 Å². The van der Waals surface area contributed by atoms with Crippen LogP contribution >= 0.6 is 11.8 Å². The van der Waals surface area contributed by atoms with Crippen molar-refractivity contribution in [2.45, 2.75) is 24.5 Å². The number of anilines is 2. The lowest BCUT2D eigenvalue weighted by Gasteiger charge is -2.27. The van der Waals surface area contributed by atoms with Gasteiger partial charge in [0.1, 0.15) is 18.0 Å². The van der Waals surface area contributed by atoms with E-state index in [9.17, 15) is 9.59 Å². The molecule has 4 rings (SSSR count). The molecule has 1 saturated heterocycles. The number of carbonyl (C=O) groups is 1. The van der Waals surface area contributed by atoms with Crippen molar-refractivity contribution < 1.29 is 9.53 Å². The molecule has 0 bridgehead atoms. The van der Waals surface area contributed by atoms with Gasteiger partial charge in [0.05, 0.1) is 19.3 Å². The molecule has 9 nitrogen and oxygen atoms in total. The summed E-state index contributed by atoms with van der Waals surface area (Å²) in [6, 6.07) is 3.06. The third-order valence-corrected chi connectivity index (χ3v) is 5.59. The van der Waals surface area contributed by atoms with Crippen LogP contribution in [0.15, 0.2) is 28.4 Å².